The summed E-state index contributed by atoms with van der Waals surface area (Å²) >= 11 is 1.85. The van der Waals surface area contributed by atoms with Gasteiger partial charge in [0.05, 0.1) is 0 Å². The summed E-state index contributed by atoms with van der Waals surface area (Å²) in [6.07, 6.45) is 0. The molecule has 0 saturated heterocycles. The Hall–Kier alpha value is -3.88. The van der Waals surface area contributed by atoms with E-state index in [1.807, 2.05) is 11.3 Å². The van der Waals surface area contributed by atoms with E-state index in [9.17, 15) is 0 Å². The first-order chi connectivity index (χ1) is 15.9. The zero-order valence-corrected chi connectivity index (χ0v) is 18.3. The van der Waals surface area contributed by atoms with Crippen molar-refractivity contribution in [3.05, 3.63) is 121 Å². The molecular weight excluding hydrogens is 406 g/mol. The maximum atomic E-state index is 3.66. The van der Waals surface area contributed by atoms with Crippen LogP contribution in [-0.4, -0.2) is 0 Å². The molecule has 0 unspecified atom stereocenters. The largest absolute Gasteiger partial charge is 0.355 e. The summed E-state index contributed by atoms with van der Waals surface area (Å²) < 4.78 is 2.63. The zero-order valence-electron chi connectivity index (χ0n) is 17.5. The fourth-order valence-electron chi connectivity index (χ4n) is 4.37. The van der Waals surface area contributed by atoms with Gasteiger partial charge in [-0.2, -0.15) is 0 Å². The molecule has 0 radical (unpaired) electrons. The predicted molar refractivity (Wildman–Crippen MR) is 140 cm³/mol. The quantitative estimate of drug-likeness (QED) is 0.296. The van der Waals surface area contributed by atoms with Crippen molar-refractivity contribution < 1.29 is 0 Å². The molecule has 5 aromatic carbocycles. The highest BCUT2D eigenvalue weighted by Crippen LogP contribution is 2.39. The lowest BCUT2D eigenvalue weighted by Crippen LogP contribution is -1.91. The molecule has 0 amide bonds. The summed E-state index contributed by atoms with van der Waals surface area (Å²) in [5, 5.41) is 6.26. The van der Waals surface area contributed by atoms with E-state index in [1.54, 1.807) is 0 Å². The SMILES string of the molecule is c1ccc(-c2ccccc2-c2ccc(Nc3cccc4sc5ccccc5c34)cc2)cc1. The van der Waals surface area contributed by atoms with Gasteiger partial charge in [0.1, 0.15) is 0 Å². The van der Waals surface area contributed by atoms with Crippen LogP contribution in [0.4, 0.5) is 11.4 Å². The van der Waals surface area contributed by atoms with Gasteiger partial charge in [-0.15, -0.1) is 11.3 Å². The highest BCUT2D eigenvalue weighted by molar-refractivity contribution is 7.25. The van der Waals surface area contributed by atoms with Gasteiger partial charge in [0.15, 0.2) is 0 Å². The smallest absolute Gasteiger partial charge is 0.0478 e. The Morgan fingerprint density at radius 2 is 1.09 bits per heavy atom. The van der Waals surface area contributed by atoms with Crippen molar-refractivity contribution in [3.63, 3.8) is 0 Å². The second-order valence-corrected chi connectivity index (χ2v) is 8.97. The lowest BCUT2D eigenvalue weighted by Gasteiger charge is -2.12. The van der Waals surface area contributed by atoms with Gasteiger partial charge in [-0.05, 0) is 52.6 Å². The Morgan fingerprint density at radius 1 is 0.469 bits per heavy atom. The number of benzene rings is 5. The summed E-state index contributed by atoms with van der Waals surface area (Å²) in [4.78, 5) is 0. The highest BCUT2D eigenvalue weighted by atomic mass is 32.1. The van der Waals surface area contributed by atoms with E-state index in [0.29, 0.717) is 0 Å². The van der Waals surface area contributed by atoms with Crippen molar-refractivity contribution in [1.82, 2.24) is 0 Å². The molecule has 1 N–H and O–H groups in total. The summed E-state index contributed by atoms with van der Waals surface area (Å²) in [5.41, 5.74) is 7.20. The minimum Gasteiger partial charge on any atom is -0.355 e. The Balaban J connectivity index is 1.36. The first kappa shape index (κ1) is 18.9. The van der Waals surface area contributed by atoms with Crippen LogP contribution in [0.25, 0.3) is 42.4 Å². The number of hydrogen-bond acceptors (Lipinski definition) is 2. The lowest BCUT2D eigenvalue weighted by molar-refractivity contribution is 1.55. The van der Waals surface area contributed by atoms with Crippen molar-refractivity contribution in [2.24, 2.45) is 0 Å². The van der Waals surface area contributed by atoms with Crippen LogP contribution in [0.15, 0.2) is 121 Å². The number of nitrogens with one attached hydrogen (secondary N) is 1. The Morgan fingerprint density at radius 3 is 1.88 bits per heavy atom. The third-order valence-electron chi connectivity index (χ3n) is 5.89. The van der Waals surface area contributed by atoms with Crippen LogP contribution >= 0.6 is 11.3 Å². The van der Waals surface area contributed by atoms with E-state index in [2.05, 4.69) is 127 Å². The minimum absolute atomic E-state index is 1.09. The normalized spacial score (nSPS) is 11.1. The molecule has 0 aliphatic rings. The maximum absolute atomic E-state index is 3.66. The average Bonchev–Trinajstić information content (AvgIpc) is 3.25. The van der Waals surface area contributed by atoms with Crippen molar-refractivity contribution in [2.75, 3.05) is 5.32 Å². The molecule has 0 bridgehead atoms. The molecule has 0 spiro atoms. The molecule has 0 atom stereocenters. The number of fused-ring (bicyclic) bond motifs is 3. The molecule has 152 valence electrons. The van der Waals surface area contributed by atoms with Gasteiger partial charge in [-0.3, -0.25) is 0 Å². The molecule has 1 heterocycles. The standard InChI is InChI=1S/C30H21NS/c1-2-9-21(10-3-1)24-11-4-5-12-25(24)22-17-19-23(20-18-22)31-27-14-8-16-29-30(27)26-13-6-7-15-28(26)32-29/h1-20,31H. The molecule has 0 fully saturated rings. The lowest BCUT2D eigenvalue weighted by atomic mass is 9.94. The number of anilines is 2. The molecule has 0 aliphatic heterocycles. The van der Waals surface area contributed by atoms with Gasteiger partial charge in [0.25, 0.3) is 0 Å². The molecule has 1 nitrogen and oxygen atoms in total. The molecular formula is C30H21NS. The van der Waals surface area contributed by atoms with Crippen molar-refractivity contribution >= 4 is 42.9 Å². The maximum Gasteiger partial charge on any atom is 0.0478 e. The van der Waals surface area contributed by atoms with Gasteiger partial charge < -0.3 is 5.32 Å². The fraction of sp³-hybridized carbons (Fsp3) is 0. The molecule has 1 aromatic heterocycles. The molecule has 6 aromatic rings. The minimum atomic E-state index is 1.09. The second-order valence-electron chi connectivity index (χ2n) is 7.89. The average molecular weight is 428 g/mol. The topological polar surface area (TPSA) is 12.0 Å². The predicted octanol–water partition coefficient (Wildman–Crippen LogP) is 9.13. The van der Waals surface area contributed by atoms with Gasteiger partial charge >= 0.3 is 0 Å². The highest BCUT2D eigenvalue weighted by Gasteiger charge is 2.10. The van der Waals surface area contributed by atoms with Crippen LogP contribution in [0, 0.1) is 0 Å². The zero-order chi connectivity index (χ0) is 21.3. The molecule has 2 heteroatoms. The van der Waals surface area contributed by atoms with Crippen LogP contribution in [0.2, 0.25) is 0 Å². The van der Waals surface area contributed by atoms with Crippen molar-refractivity contribution in [1.29, 1.82) is 0 Å². The first-order valence-corrected chi connectivity index (χ1v) is 11.6. The summed E-state index contributed by atoms with van der Waals surface area (Å²) in [6.45, 7) is 0. The van der Waals surface area contributed by atoms with Crippen LogP contribution in [0.5, 0.6) is 0 Å². The van der Waals surface area contributed by atoms with Gasteiger partial charge in [0.2, 0.25) is 0 Å². The number of rotatable bonds is 4. The third-order valence-corrected chi connectivity index (χ3v) is 7.03. The fourth-order valence-corrected chi connectivity index (χ4v) is 5.50. The van der Waals surface area contributed by atoms with E-state index >= 15 is 0 Å². The Labute approximate surface area is 191 Å². The Bertz CT molecular complexity index is 1530. The van der Waals surface area contributed by atoms with Gasteiger partial charge in [-0.1, -0.05) is 91.0 Å². The van der Waals surface area contributed by atoms with E-state index in [1.165, 1.54) is 42.4 Å². The molecule has 6 rings (SSSR count). The second kappa shape index (κ2) is 7.99. The van der Waals surface area contributed by atoms with E-state index in [4.69, 9.17) is 0 Å². The first-order valence-electron chi connectivity index (χ1n) is 10.8. The van der Waals surface area contributed by atoms with Crippen molar-refractivity contribution in [2.45, 2.75) is 0 Å². The summed E-state index contributed by atoms with van der Waals surface area (Å²) in [5.74, 6) is 0. The third kappa shape index (κ3) is 3.35. The van der Waals surface area contributed by atoms with Crippen LogP contribution < -0.4 is 5.32 Å². The van der Waals surface area contributed by atoms with Gasteiger partial charge in [0, 0.05) is 31.5 Å². The van der Waals surface area contributed by atoms with Crippen molar-refractivity contribution in [3.8, 4) is 22.3 Å². The summed E-state index contributed by atoms with van der Waals surface area (Å²) in [7, 11) is 0. The van der Waals surface area contributed by atoms with E-state index in [-0.39, 0.29) is 0 Å². The van der Waals surface area contributed by atoms with Crippen LogP contribution in [0.3, 0.4) is 0 Å². The van der Waals surface area contributed by atoms with Gasteiger partial charge in [-0.25, -0.2) is 0 Å². The molecule has 32 heavy (non-hydrogen) atoms. The number of thiophene rings is 1. The summed E-state index contributed by atoms with van der Waals surface area (Å²) in [6, 6.07) is 43.1. The Kier molecular flexibility index (Phi) is 4.71. The van der Waals surface area contributed by atoms with E-state index < -0.39 is 0 Å². The van der Waals surface area contributed by atoms with E-state index in [0.717, 1.165) is 11.4 Å². The van der Waals surface area contributed by atoms with Crippen LogP contribution in [0.1, 0.15) is 0 Å². The van der Waals surface area contributed by atoms with Crippen LogP contribution in [-0.2, 0) is 0 Å². The monoisotopic (exact) mass is 427 g/mol. The molecule has 0 aliphatic carbocycles. The molecule has 0 saturated carbocycles. The number of hydrogen-bond donors (Lipinski definition) is 1.